The van der Waals surface area contributed by atoms with Crippen LogP contribution in [0.1, 0.15) is 18.4 Å². The number of rotatable bonds is 5. The maximum atomic E-state index is 12.7. The van der Waals surface area contributed by atoms with Gasteiger partial charge in [-0.25, -0.2) is 0 Å². The molecular weight excluding hydrogens is 344 g/mol. The van der Waals surface area contributed by atoms with E-state index in [9.17, 15) is 13.2 Å². The van der Waals surface area contributed by atoms with Gasteiger partial charge in [0.15, 0.2) is 0 Å². The van der Waals surface area contributed by atoms with Crippen molar-refractivity contribution in [1.29, 1.82) is 0 Å². The summed E-state index contributed by atoms with van der Waals surface area (Å²) in [6.07, 6.45) is 4.78. The lowest BCUT2D eigenvalue weighted by Gasteiger charge is -2.36. The molecule has 2 aliphatic rings. The first-order chi connectivity index (χ1) is 12.1. The quantitative estimate of drug-likeness (QED) is 0.789. The molecule has 1 aromatic heterocycles. The standard InChI is InChI=1S/C16H24N4O4S/c21-16(18-12-14-3-1-5-17-11-14)15-4-2-6-20(13-15)25(22,23)19-7-9-24-10-8-19/h1,3,5,11,15H,2,4,6-10,12-13H2,(H,18,21). The highest BCUT2D eigenvalue weighted by Gasteiger charge is 2.36. The van der Waals surface area contributed by atoms with Crippen molar-refractivity contribution >= 4 is 16.1 Å². The van der Waals surface area contributed by atoms with Crippen LogP contribution in [0.2, 0.25) is 0 Å². The average molecular weight is 368 g/mol. The summed E-state index contributed by atoms with van der Waals surface area (Å²) in [4.78, 5) is 16.5. The van der Waals surface area contributed by atoms with Crippen LogP contribution in [-0.4, -0.2) is 67.3 Å². The second-order valence-electron chi connectivity index (χ2n) is 6.30. The number of piperidine rings is 1. The summed E-state index contributed by atoms with van der Waals surface area (Å²) in [7, 11) is -3.52. The van der Waals surface area contributed by atoms with E-state index >= 15 is 0 Å². The summed E-state index contributed by atoms with van der Waals surface area (Å²) < 4.78 is 33.6. The zero-order chi connectivity index (χ0) is 17.7. The fraction of sp³-hybridized carbons (Fsp3) is 0.625. The number of pyridine rings is 1. The second-order valence-corrected chi connectivity index (χ2v) is 8.22. The maximum absolute atomic E-state index is 12.7. The molecule has 1 N–H and O–H groups in total. The van der Waals surface area contributed by atoms with Crippen LogP contribution in [0.5, 0.6) is 0 Å². The topological polar surface area (TPSA) is 91.8 Å². The molecule has 2 saturated heterocycles. The van der Waals surface area contributed by atoms with Crippen LogP contribution in [-0.2, 0) is 26.3 Å². The molecule has 3 rings (SSSR count). The highest BCUT2D eigenvalue weighted by molar-refractivity contribution is 7.86. The molecule has 2 aliphatic heterocycles. The largest absolute Gasteiger partial charge is 0.379 e. The van der Waals surface area contributed by atoms with Gasteiger partial charge in [-0.2, -0.15) is 17.0 Å². The number of ether oxygens (including phenoxy) is 1. The molecular formula is C16H24N4O4S. The predicted octanol–water partition coefficient (Wildman–Crippen LogP) is -0.0132. The minimum absolute atomic E-state index is 0.106. The van der Waals surface area contributed by atoms with Gasteiger partial charge in [-0.1, -0.05) is 6.07 Å². The summed E-state index contributed by atoms with van der Waals surface area (Å²) in [6, 6.07) is 3.71. The van der Waals surface area contributed by atoms with Crippen molar-refractivity contribution in [3.63, 3.8) is 0 Å². The molecule has 0 aromatic carbocycles. The molecule has 1 unspecified atom stereocenters. The van der Waals surface area contributed by atoms with Crippen LogP contribution in [0.25, 0.3) is 0 Å². The number of nitrogens with one attached hydrogen (secondary N) is 1. The Morgan fingerprint density at radius 1 is 1.28 bits per heavy atom. The molecule has 1 aromatic rings. The highest BCUT2D eigenvalue weighted by atomic mass is 32.2. The average Bonchev–Trinajstić information content (AvgIpc) is 2.67. The van der Waals surface area contributed by atoms with Crippen molar-refractivity contribution in [3.05, 3.63) is 30.1 Å². The van der Waals surface area contributed by atoms with Crippen molar-refractivity contribution in [1.82, 2.24) is 18.9 Å². The Kier molecular flexibility index (Phi) is 6.00. The van der Waals surface area contributed by atoms with E-state index in [-0.39, 0.29) is 18.4 Å². The Hall–Kier alpha value is -1.55. The van der Waals surface area contributed by atoms with Crippen LogP contribution >= 0.6 is 0 Å². The van der Waals surface area contributed by atoms with Gasteiger partial charge in [0.25, 0.3) is 10.2 Å². The number of carbonyl (C=O) groups excluding carboxylic acids is 1. The van der Waals surface area contributed by atoms with E-state index in [1.165, 1.54) is 8.61 Å². The number of hydrogen-bond acceptors (Lipinski definition) is 5. The molecule has 1 amide bonds. The van der Waals surface area contributed by atoms with Gasteiger partial charge in [-0.3, -0.25) is 9.78 Å². The Balaban J connectivity index is 1.57. The molecule has 1 atom stereocenters. The summed E-state index contributed by atoms with van der Waals surface area (Å²) in [5.41, 5.74) is 0.921. The summed E-state index contributed by atoms with van der Waals surface area (Å²) >= 11 is 0. The monoisotopic (exact) mass is 368 g/mol. The Bertz CT molecular complexity index is 677. The molecule has 0 bridgehead atoms. The molecule has 0 radical (unpaired) electrons. The lowest BCUT2D eigenvalue weighted by Crippen LogP contribution is -2.52. The molecule has 8 nitrogen and oxygen atoms in total. The van der Waals surface area contributed by atoms with Gasteiger partial charge < -0.3 is 10.1 Å². The van der Waals surface area contributed by atoms with Gasteiger partial charge in [0.2, 0.25) is 5.91 Å². The summed E-state index contributed by atoms with van der Waals surface area (Å²) in [6.45, 7) is 2.68. The molecule has 2 fully saturated rings. The first-order valence-corrected chi connectivity index (χ1v) is 9.96. The number of morpholine rings is 1. The lowest BCUT2D eigenvalue weighted by molar-refractivity contribution is -0.126. The van der Waals surface area contributed by atoms with Gasteiger partial charge in [0, 0.05) is 45.1 Å². The summed E-state index contributed by atoms with van der Waals surface area (Å²) in [5, 5.41) is 2.89. The maximum Gasteiger partial charge on any atom is 0.282 e. The number of carbonyl (C=O) groups is 1. The molecule has 0 saturated carbocycles. The molecule has 138 valence electrons. The number of aromatic nitrogens is 1. The smallest absolute Gasteiger partial charge is 0.282 e. The van der Waals surface area contributed by atoms with E-state index in [1.54, 1.807) is 12.4 Å². The van der Waals surface area contributed by atoms with Crippen LogP contribution in [0.3, 0.4) is 0 Å². The van der Waals surface area contributed by atoms with E-state index in [0.29, 0.717) is 52.2 Å². The minimum atomic E-state index is -3.52. The fourth-order valence-electron chi connectivity index (χ4n) is 3.14. The normalized spacial score (nSPS) is 23.3. The fourth-order valence-corrected chi connectivity index (χ4v) is 4.81. The molecule has 9 heteroatoms. The van der Waals surface area contributed by atoms with Gasteiger partial charge in [0.05, 0.1) is 19.1 Å². The third-order valence-electron chi connectivity index (χ3n) is 4.57. The summed E-state index contributed by atoms with van der Waals surface area (Å²) in [5.74, 6) is -0.424. The van der Waals surface area contributed by atoms with Gasteiger partial charge in [-0.15, -0.1) is 0 Å². The third-order valence-corrected chi connectivity index (χ3v) is 6.57. The Morgan fingerprint density at radius 3 is 2.80 bits per heavy atom. The number of hydrogen-bond donors (Lipinski definition) is 1. The minimum Gasteiger partial charge on any atom is -0.379 e. The highest BCUT2D eigenvalue weighted by Crippen LogP contribution is 2.22. The first kappa shape index (κ1) is 18.2. The Morgan fingerprint density at radius 2 is 2.08 bits per heavy atom. The number of nitrogens with zero attached hydrogens (tertiary/aromatic N) is 3. The molecule has 0 aliphatic carbocycles. The zero-order valence-corrected chi connectivity index (χ0v) is 15.0. The van der Waals surface area contributed by atoms with Crippen LogP contribution in [0.15, 0.2) is 24.5 Å². The van der Waals surface area contributed by atoms with E-state index < -0.39 is 10.2 Å². The van der Waals surface area contributed by atoms with Crippen molar-refractivity contribution in [2.75, 3.05) is 39.4 Å². The van der Waals surface area contributed by atoms with Gasteiger partial charge in [-0.05, 0) is 24.5 Å². The third kappa shape index (κ3) is 4.55. The predicted molar refractivity (Wildman–Crippen MR) is 91.7 cm³/mol. The van der Waals surface area contributed by atoms with Gasteiger partial charge >= 0.3 is 0 Å². The molecule has 3 heterocycles. The number of amides is 1. The second kappa shape index (κ2) is 8.22. The van der Waals surface area contributed by atoms with Crippen LogP contribution in [0.4, 0.5) is 0 Å². The van der Waals surface area contributed by atoms with Crippen LogP contribution in [0, 0.1) is 5.92 Å². The molecule has 0 spiro atoms. The van der Waals surface area contributed by atoms with Crippen molar-refractivity contribution < 1.29 is 17.9 Å². The van der Waals surface area contributed by atoms with E-state index in [2.05, 4.69) is 10.3 Å². The van der Waals surface area contributed by atoms with Crippen LogP contribution < -0.4 is 5.32 Å². The van der Waals surface area contributed by atoms with Crippen molar-refractivity contribution in [3.8, 4) is 0 Å². The zero-order valence-electron chi connectivity index (χ0n) is 14.1. The molecule has 25 heavy (non-hydrogen) atoms. The first-order valence-electron chi connectivity index (χ1n) is 8.57. The lowest BCUT2D eigenvalue weighted by atomic mass is 9.99. The van der Waals surface area contributed by atoms with Crippen molar-refractivity contribution in [2.45, 2.75) is 19.4 Å². The van der Waals surface area contributed by atoms with E-state index in [0.717, 1.165) is 5.56 Å². The van der Waals surface area contributed by atoms with Gasteiger partial charge in [0.1, 0.15) is 0 Å². The van der Waals surface area contributed by atoms with Crippen molar-refractivity contribution in [2.24, 2.45) is 5.92 Å². The SMILES string of the molecule is O=C(NCc1cccnc1)C1CCCN(S(=O)(=O)N2CCOCC2)C1. The van der Waals surface area contributed by atoms with E-state index in [1.807, 2.05) is 12.1 Å². The van der Waals surface area contributed by atoms with E-state index in [4.69, 9.17) is 4.74 Å². The Labute approximate surface area is 148 Å².